The molecule has 2 fully saturated rings. The molecule has 0 spiro atoms. The molecule has 0 saturated heterocycles. The van der Waals surface area contributed by atoms with E-state index in [1.165, 1.54) is 19.3 Å². The molecule has 1 heterocycles. The zero-order valence-electron chi connectivity index (χ0n) is 12.4. The number of amides is 1. The predicted molar refractivity (Wildman–Crippen MR) is 77.5 cm³/mol. The van der Waals surface area contributed by atoms with Crippen LogP contribution in [-0.4, -0.2) is 28.6 Å². The highest BCUT2D eigenvalue weighted by atomic mass is 16.5. The summed E-state index contributed by atoms with van der Waals surface area (Å²) in [6, 6.07) is 0.271. The fourth-order valence-electron chi connectivity index (χ4n) is 3.07. The summed E-state index contributed by atoms with van der Waals surface area (Å²) in [5.74, 6) is 2.58. The van der Waals surface area contributed by atoms with Crippen LogP contribution in [0.3, 0.4) is 0 Å². The van der Waals surface area contributed by atoms with Gasteiger partial charge in [0.05, 0.1) is 0 Å². The summed E-state index contributed by atoms with van der Waals surface area (Å²) in [5, 5.41) is 7.09. The summed E-state index contributed by atoms with van der Waals surface area (Å²) < 4.78 is 5.21. The van der Waals surface area contributed by atoms with Crippen LogP contribution in [-0.2, 0) is 11.2 Å². The maximum absolute atomic E-state index is 12.0. The average Bonchev–Trinajstić information content (AvgIpc) is 3.05. The summed E-state index contributed by atoms with van der Waals surface area (Å²) in [6.45, 7) is 0.664. The van der Waals surface area contributed by atoms with Crippen LogP contribution in [0.25, 0.3) is 0 Å². The van der Waals surface area contributed by atoms with Crippen LogP contribution in [0.2, 0.25) is 0 Å². The van der Waals surface area contributed by atoms with E-state index in [0.717, 1.165) is 25.1 Å². The maximum atomic E-state index is 12.0. The number of nitrogens with one attached hydrogen (secondary N) is 1. The number of aromatic nitrogens is 2. The van der Waals surface area contributed by atoms with Crippen molar-refractivity contribution in [3.8, 4) is 0 Å². The van der Waals surface area contributed by atoms with Crippen molar-refractivity contribution in [2.45, 2.75) is 63.3 Å². The molecule has 3 N–H and O–H groups in total. The van der Waals surface area contributed by atoms with Crippen molar-refractivity contribution in [1.29, 1.82) is 0 Å². The van der Waals surface area contributed by atoms with E-state index in [4.69, 9.17) is 10.3 Å². The molecule has 0 aromatic carbocycles. The fourth-order valence-corrected chi connectivity index (χ4v) is 3.07. The van der Waals surface area contributed by atoms with E-state index >= 15 is 0 Å². The fraction of sp³-hybridized carbons (Fsp3) is 0.800. The van der Waals surface area contributed by atoms with Crippen molar-refractivity contribution in [1.82, 2.24) is 15.5 Å². The quantitative estimate of drug-likeness (QED) is 0.794. The minimum Gasteiger partial charge on any atom is -0.353 e. The van der Waals surface area contributed by atoms with Crippen LogP contribution < -0.4 is 11.1 Å². The molecule has 1 amide bonds. The van der Waals surface area contributed by atoms with Gasteiger partial charge in [-0.2, -0.15) is 4.98 Å². The van der Waals surface area contributed by atoms with Crippen molar-refractivity contribution >= 4 is 5.91 Å². The standard InChI is InChI=1S/C15H24N4O2/c16-9-11-3-1-4-12(11)17-13(20)5-2-6-14-18-15(19-21-14)10-7-8-10/h10-12H,1-9,16H2,(H,17,20). The maximum Gasteiger partial charge on any atom is 0.226 e. The zero-order valence-corrected chi connectivity index (χ0v) is 12.4. The number of hydrogen-bond acceptors (Lipinski definition) is 5. The Labute approximate surface area is 124 Å². The molecule has 2 aliphatic carbocycles. The van der Waals surface area contributed by atoms with Gasteiger partial charge in [0.1, 0.15) is 0 Å². The SMILES string of the molecule is NCC1CCCC1NC(=O)CCCc1nc(C2CC2)no1. The summed E-state index contributed by atoms with van der Waals surface area (Å²) in [4.78, 5) is 16.3. The average molecular weight is 292 g/mol. The minimum atomic E-state index is 0.113. The van der Waals surface area contributed by atoms with Gasteiger partial charge in [-0.25, -0.2) is 0 Å². The zero-order chi connectivity index (χ0) is 14.7. The van der Waals surface area contributed by atoms with Gasteiger partial charge in [0.25, 0.3) is 0 Å². The predicted octanol–water partition coefficient (Wildman–Crippen LogP) is 1.51. The molecule has 1 aromatic rings. The van der Waals surface area contributed by atoms with E-state index in [0.29, 0.717) is 37.1 Å². The van der Waals surface area contributed by atoms with Gasteiger partial charge in [-0.15, -0.1) is 0 Å². The number of nitrogens with two attached hydrogens (primary N) is 1. The van der Waals surface area contributed by atoms with Gasteiger partial charge < -0.3 is 15.6 Å². The number of nitrogens with zero attached hydrogens (tertiary/aromatic N) is 2. The monoisotopic (exact) mass is 292 g/mol. The van der Waals surface area contributed by atoms with Crippen LogP contribution in [0.1, 0.15) is 62.6 Å². The third-order valence-corrected chi connectivity index (χ3v) is 4.53. The van der Waals surface area contributed by atoms with Crippen LogP contribution in [0.5, 0.6) is 0 Å². The highest BCUT2D eigenvalue weighted by Gasteiger charge is 2.29. The van der Waals surface area contributed by atoms with E-state index in [9.17, 15) is 4.79 Å². The van der Waals surface area contributed by atoms with Crippen molar-refractivity contribution in [3.63, 3.8) is 0 Å². The van der Waals surface area contributed by atoms with E-state index in [2.05, 4.69) is 15.5 Å². The lowest BCUT2D eigenvalue weighted by molar-refractivity contribution is -0.122. The Morgan fingerprint density at radius 2 is 2.19 bits per heavy atom. The van der Waals surface area contributed by atoms with E-state index in [-0.39, 0.29) is 11.9 Å². The van der Waals surface area contributed by atoms with Crippen LogP contribution in [0, 0.1) is 5.92 Å². The molecule has 21 heavy (non-hydrogen) atoms. The molecule has 6 nitrogen and oxygen atoms in total. The molecule has 2 saturated carbocycles. The number of hydrogen-bond donors (Lipinski definition) is 2. The molecule has 2 atom stereocenters. The van der Waals surface area contributed by atoms with Gasteiger partial charge in [-0.3, -0.25) is 4.79 Å². The first-order valence-corrected chi connectivity index (χ1v) is 8.08. The van der Waals surface area contributed by atoms with Gasteiger partial charge in [-0.1, -0.05) is 11.6 Å². The van der Waals surface area contributed by atoms with Gasteiger partial charge in [0.15, 0.2) is 5.82 Å². The summed E-state index contributed by atoms with van der Waals surface area (Å²) in [5.41, 5.74) is 5.73. The number of rotatable bonds is 7. The number of carbonyl (C=O) groups is 1. The molecule has 6 heteroatoms. The van der Waals surface area contributed by atoms with Crippen molar-refractivity contribution < 1.29 is 9.32 Å². The van der Waals surface area contributed by atoms with E-state index in [1.54, 1.807) is 0 Å². The first-order valence-electron chi connectivity index (χ1n) is 8.08. The Morgan fingerprint density at radius 3 is 2.95 bits per heavy atom. The molecule has 2 unspecified atom stereocenters. The topological polar surface area (TPSA) is 94.0 Å². The minimum absolute atomic E-state index is 0.113. The lowest BCUT2D eigenvalue weighted by Crippen LogP contribution is -2.39. The van der Waals surface area contributed by atoms with E-state index < -0.39 is 0 Å². The summed E-state index contributed by atoms with van der Waals surface area (Å²) >= 11 is 0. The van der Waals surface area contributed by atoms with Crippen LogP contribution in [0.4, 0.5) is 0 Å². The van der Waals surface area contributed by atoms with Gasteiger partial charge >= 0.3 is 0 Å². The second-order valence-corrected chi connectivity index (χ2v) is 6.27. The van der Waals surface area contributed by atoms with Gasteiger partial charge in [0, 0.05) is 24.8 Å². The summed E-state index contributed by atoms with van der Waals surface area (Å²) in [7, 11) is 0. The molecule has 0 radical (unpaired) electrons. The molecule has 1 aromatic heterocycles. The first-order chi connectivity index (χ1) is 10.3. The van der Waals surface area contributed by atoms with E-state index in [1.807, 2.05) is 0 Å². The van der Waals surface area contributed by atoms with Crippen LogP contribution >= 0.6 is 0 Å². The lowest BCUT2D eigenvalue weighted by atomic mass is 10.0. The Balaban J connectivity index is 1.37. The molecule has 0 aliphatic heterocycles. The summed E-state index contributed by atoms with van der Waals surface area (Å²) in [6.07, 6.45) is 7.63. The smallest absolute Gasteiger partial charge is 0.226 e. The molecular formula is C15H24N4O2. The third kappa shape index (κ3) is 3.81. The third-order valence-electron chi connectivity index (χ3n) is 4.53. The normalized spacial score (nSPS) is 25.2. The van der Waals surface area contributed by atoms with Gasteiger partial charge in [-0.05, 0) is 44.6 Å². The van der Waals surface area contributed by atoms with Crippen molar-refractivity contribution in [2.24, 2.45) is 11.7 Å². The molecule has 116 valence electrons. The van der Waals surface area contributed by atoms with Crippen LogP contribution in [0.15, 0.2) is 4.52 Å². The highest BCUT2D eigenvalue weighted by Crippen LogP contribution is 2.38. The Kier molecular flexibility index (Phi) is 4.53. The lowest BCUT2D eigenvalue weighted by Gasteiger charge is -2.19. The molecule has 0 bridgehead atoms. The van der Waals surface area contributed by atoms with Crippen molar-refractivity contribution in [3.05, 3.63) is 11.7 Å². The molecule has 2 aliphatic rings. The highest BCUT2D eigenvalue weighted by molar-refractivity contribution is 5.76. The molecule has 3 rings (SSSR count). The Morgan fingerprint density at radius 1 is 1.33 bits per heavy atom. The van der Waals surface area contributed by atoms with Crippen molar-refractivity contribution in [2.75, 3.05) is 6.54 Å². The largest absolute Gasteiger partial charge is 0.353 e. The Bertz CT molecular complexity index is 484. The second-order valence-electron chi connectivity index (χ2n) is 6.27. The second kappa shape index (κ2) is 6.56. The van der Waals surface area contributed by atoms with Gasteiger partial charge in [0.2, 0.25) is 11.8 Å². The molecular weight excluding hydrogens is 268 g/mol. The number of carbonyl (C=O) groups excluding carboxylic acids is 1. The first kappa shape index (κ1) is 14.5. The Hall–Kier alpha value is -1.43. The number of aryl methyl sites for hydroxylation is 1.